The lowest BCUT2D eigenvalue weighted by molar-refractivity contribution is 0.0602. The van der Waals surface area contributed by atoms with Gasteiger partial charge in [0.15, 0.2) is 0 Å². The molecule has 1 saturated heterocycles. The highest BCUT2D eigenvalue weighted by Gasteiger charge is 2.34. The number of halogens is 2. The number of ether oxygens (including phenoxy) is 1. The van der Waals surface area contributed by atoms with E-state index in [9.17, 15) is 4.79 Å². The van der Waals surface area contributed by atoms with Crippen LogP contribution in [-0.2, 0) is 18.2 Å². The number of hydrogen-bond acceptors (Lipinski definition) is 6. The Labute approximate surface area is 244 Å². The number of benzene rings is 2. The topological polar surface area (TPSA) is 63.7 Å². The van der Waals surface area contributed by atoms with Crippen molar-refractivity contribution in [1.29, 1.82) is 0 Å². The van der Waals surface area contributed by atoms with E-state index in [1.807, 2.05) is 42.1 Å². The fourth-order valence-corrected chi connectivity index (χ4v) is 6.52. The molecule has 3 heterocycles. The predicted octanol–water partition coefficient (Wildman–Crippen LogP) is 6.95. The Hall–Kier alpha value is -3.00. The zero-order valence-corrected chi connectivity index (χ0v) is 24.6. The van der Waals surface area contributed by atoms with Crippen LogP contribution in [-0.4, -0.2) is 59.9 Å². The minimum atomic E-state index is -0.310. The molecule has 0 bridgehead atoms. The van der Waals surface area contributed by atoms with Gasteiger partial charge in [0.1, 0.15) is 11.5 Å². The molecule has 6 rings (SSSR count). The van der Waals surface area contributed by atoms with Gasteiger partial charge in [0.25, 0.3) is 0 Å². The molecule has 1 unspecified atom stereocenters. The van der Waals surface area contributed by atoms with Crippen LogP contribution in [0.4, 0.5) is 5.69 Å². The lowest BCUT2D eigenvalue weighted by Crippen LogP contribution is -2.36. The van der Waals surface area contributed by atoms with Crippen LogP contribution in [0.5, 0.6) is 0 Å². The highest BCUT2D eigenvalue weighted by molar-refractivity contribution is 6.39. The average molecular weight is 582 g/mol. The summed E-state index contributed by atoms with van der Waals surface area (Å²) in [6, 6.07) is 12.3. The maximum atomic E-state index is 12.2. The molecule has 4 aromatic rings. The lowest BCUT2D eigenvalue weighted by Gasteiger charge is -2.26. The molecule has 1 atom stereocenters. The second-order valence-electron chi connectivity index (χ2n) is 11.0. The number of esters is 1. The first-order valence-corrected chi connectivity index (χ1v) is 14.7. The van der Waals surface area contributed by atoms with Gasteiger partial charge in [-0.3, -0.25) is 4.90 Å². The van der Waals surface area contributed by atoms with Crippen molar-refractivity contribution in [3.63, 3.8) is 0 Å². The van der Waals surface area contributed by atoms with Crippen molar-refractivity contribution in [1.82, 2.24) is 14.6 Å². The number of carbonyl (C=O) groups excluding carboxylic acids is 1. The predicted molar refractivity (Wildman–Crippen MR) is 160 cm³/mol. The molecule has 2 fully saturated rings. The van der Waals surface area contributed by atoms with Crippen LogP contribution < -0.4 is 4.90 Å². The van der Waals surface area contributed by atoms with Gasteiger partial charge in [-0.05, 0) is 62.9 Å². The minimum Gasteiger partial charge on any atom is -0.465 e. The molecule has 1 aliphatic heterocycles. The molecular weight excluding hydrogens is 547 g/mol. The molecule has 0 N–H and O–H groups in total. The van der Waals surface area contributed by atoms with Crippen LogP contribution in [0.2, 0.25) is 10.0 Å². The quantitative estimate of drug-likeness (QED) is 0.220. The van der Waals surface area contributed by atoms with E-state index >= 15 is 0 Å². The number of methoxy groups -OCH3 is 1. The molecule has 1 saturated carbocycles. The summed E-state index contributed by atoms with van der Waals surface area (Å²) < 4.78 is 12.9. The van der Waals surface area contributed by atoms with Crippen molar-refractivity contribution in [2.75, 3.05) is 38.2 Å². The highest BCUT2D eigenvalue weighted by atomic mass is 35.5. The minimum absolute atomic E-state index is 0.310. The van der Waals surface area contributed by atoms with Gasteiger partial charge in [0.2, 0.25) is 0 Å². The monoisotopic (exact) mass is 580 g/mol. The first-order valence-electron chi connectivity index (χ1n) is 13.9. The molecule has 210 valence electrons. The van der Waals surface area contributed by atoms with Crippen LogP contribution in [0.1, 0.15) is 53.8 Å². The third kappa shape index (κ3) is 5.11. The molecule has 0 spiro atoms. The van der Waals surface area contributed by atoms with Crippen LogP contribution in [0.15, 0.2) is 47.1 Å². The van der Waals surface area contributed by atoms with E-state index in [0.717, 1.165) is 85.3 Å². The molecule has 0 amide bonds. The largest absolute Gasteiger partial charge is 0.465 e. The molecule has 1 aliphatic carbocycles. The van der Waals surface area contributed by atoms with Gasteiger partial charge in [-0.25, -0.2) is 4.79 Å². The fourth-order valence-electron chi connectivity index (χ4n) is 5.94. The number of nitrogens with zero attached hydrogens (tertiary/aromatic N) is 4. The summed E-state index contributed by atoms with van der Waals surface area (Å²) in [7, 11) is 3.39. The maximum absolute atomic E-state index is 12.2. The molecule has 2 aromatic carbocycles. The van der Waals surface area contributed by atoms with Crippen molar-refractivity contribution >= 4 is 45.8 Å². The summed E-state index contributed by atoms with van der Waals surface area (Å²) in [6.07, 6.45) is 6.01. The van der Waals surface area contributed by atoms with E-state index in [1.165, 1.54) is 12.8 Å². The summed E-state index contributed by atoms with van der Waals surface area (Å²) >= 11 is 13.1. The van der Waals surface area contributed by atoms with Gasteiger partial charge in [0, 0.05) is 73.6 Å². The Bertz CT molecular complexity index is 1540. The van der Waals surface area contributed by atoms with E-state index < -0.39 is 0 Å². The first-order chi connectivity index (χ1) is 19.4. The van der Waals surface area contributed by atoms with Gasteiger partial charge in [-0.1, -0.05) is 34.4 Å². The SMILES string of the molecule is COC(=O)c1cn(C)c2cc(N3CCC(C)N(CCc4c(-c5c(Cl)cccc5Cl)noc4C4CC4)CC3)ccc12. The van der Waals surface area contributed by atoms with E-state index in [0.29, 0.717) is 27.6 Å². The van der Waals surface area contributed by atoms with Crippen LogP contribution in [0, 0.1) is 0 Å². The fraction of sp³-hybridized carbons (Fsp3) is 0.419. The van der Waals surface area contributed by atoms with Gasteiger partial charge < -0.3 is 18.7 Å². The van der Waals surface area contributed by atoms with Gasteiger partial charge >= 0.3 is 5.97 Å². The standard InChI is InChI=1S/C31H34Cl2N4O3/c1-19-11-13-37(21-9-10-22-24(31(38)39-3)18-35(2)27(22)17-21)16-15-36(19)14-12-23-29(34-40-30(23)20-7-8-20)28-25(32)5-4-6-26(28)33/h4-6,9-10,17-20H,7-8,11-16H2,1-3H3. The summed E-state index contributed by atoms with van der Waals surface area (Å²) in [6.45, 7) is 6.06. The van der Waals surface area contributed by atoms with Gasteiger partial charge in [-0.15, -0.1) is 0 Å². The molecule has 40 heavy (non-hydrogen) atoms. The number of aryl methyl sites for hydroxylation is 1. The number of anilines is 1. The molecule has 7 nitrogen and oxygen atoms in total. The van der Waals surface area contributed by atoms with E-state index in [-0.39, 0.29) is 5.97 Å². The number of fused-ring (bicyclic) bond motifs is 1. The summed E-state index contributed by atoms with van der Waals surface area (Å²) in [4.78, 5) is 17.2. The second-order valence-corrected chi connectivity index (χ2v) is 11.8. The summed E-state index contributed by atoms with van der Waals surface area (Å²) in [5, 5.41) is 6.57. The van der Waals surface area contributed by atoms with Crippen molar-refractivity contribution in [3.05, 3.63) is 69.5 Å². The van der Waals surface area contributed by atoms with Crippen molar-refractivity contribution in [2.24, 2.45) is 7.05 Å². The van der Waals surface area contributed by atoms with Crippen molar-refractivity contribution in [2.45, 2.75) is 44.6 Å². The Balaban J connectivity index is 1.20. The van der Waals surface area contributed by atoms with Crippen molar-refractivity contribution < 1.29 is 14.1 Å². The lowest BCUT2D eigenvalue weighted by atomic mass is 10.0. The molecule has 2 aromatic heterocycles. The van der Waals surface area contributed by atoms with Crippen LogP contribution in [0.25, 0.3) is 22.2 Å². The summed E-state index contributed by atoms with van der Waals surface area (Å²) in [5.41, 5.74) is 5.48. The maximum Gasteiger partial charge on any atom is 0.340 e. The zero-order chi connectivity index (χ0) is 28.0. The van der Waals surface area contributed by atoms with Crippen molar-refractivity contribution in [3.8, 4) is 11.3 Å². The Kier molecular flexibility index (Phi) is 7.55. The van der Waals surface area contributed by atoms with Crippen LogP contribution >= 0.6 is 23.2 Å². The third-order valence-corrected chi connectivity index (χ3v) is 9.09. The molecule has 0 radical (unpaired) electrons. The number of hydrogen-bond donors (Lipinski definition) is 0. The molecule has 2 aliphatic rings. The van der Waals surface area contributed by atoms with Gasteiger partial charge in [0.05, 0.1) is 28.2 Å². The summed E-state index contributed by atoms with van der Waals surface area (Å²) in [5.74, 6) is 1.13. The number of carbonyl (C=O) groups is 1. The Morgan fingerprint density at radius 1 is 1.10 bits per heavy atom. The third-order valence-electron chi connectivity index (χ3n) is 8.46. The van der Waals surface area contributed by atoms with Crippen LogP contribution in [0.3, 0.4) is 0 Å². The Morgan fingerprint density at radius 2 is 1.88 bits per heavy atom. The average Bonchev–Trinajstić information content (AvgIpc) is 3.67. The number of rotatable bonds is 7. The van der Waals surface area contributed by atoms with E-state index in [1.54, 1.807) is 0 Å². The normalized spacial score (nSPS) is 18.3. The smallest absolute Gasteiger partial charge is 0.340 e. The molecule has 9 heteroatoms. The van der Waals surface area contributed by atoms with E-state index in [4.69, 9.17) is 32.5 Å². The number of aromatic nitrogens is 2. The second kappa shape index (κ2) is 11.1. The van der Waals surface area contributed by atoms with Gasteiger partial charge in [-0.2, -0.15) is 0 Å². The van der Waals surface area contributed by atoms with E-state index in [2.05, 4.69) is 34.0 Å². The Morgan fingerprint density at radius 3 is 2.60 bits per heavy atom. The highest BCUT2D eigenvalue weighted by Crippen LogP contribution is 2.46. The molecular formula is C31H34Cl2N4O3. The zero-order valence-electron chi connectivity index (χ0n) is 23.1. The first kappa shape index (κ1) is 27.2.